The number of aliphatic carboxylic acids is 3. The van der Waals surface area contributed by atoms with E-state index in [9.17, 15) is 18.9 Å². The molecule has 0 aromatic rings. The lowest BCUT2D eigenvalue weighted by atomic mass is 9.69. The van der Waals surface area contributed by atoms with E-state index in [1.54, 1.807) is 0 Å². The third kappa shape index (κ3) is 4.02. The lowest BCUT2D eigenvalue weighted by Gasteiger charge is -2.34. The highest BCUT2D eigenvalue weighted by atomic mass is 31.2. The van der Waals surface area contributed by atoms with Gasteiger partial charge in [0.15, 0.2) is 0 Å². The molecule has 0 aromatic heterocycles. The lowest BCUT2D eigenvalue weighted by molar-refractivity contribution is -0.170. The molecule has 0 rings (SSSR count). The van der Waals surface area contributed by atoms with E-state index in [0.29, 0.717) is 0 Å². The van der Waals surface area contributed by atoms with Crippen molar-refractivity contribution in [3.8, 4) is 0 Å². The summed E-state index contributed by atoms with van der Waals surface area (Å²) in [7, 11) is -4.82. The Balaban J connectivity index is 5.80. The Labute approximate surface area is 108 Å². The SMILES string of the molecule is CC(C(=O)O)C(C)(C(=O)O)C(CP(=O)(O)O)C(=O)O. The van der Waals surface area contributed by atoms with E-state index < -0.39 is 48.9 Å². The van der Waals surface area contributed by atoms with Crippen LogP contribution in [0.15, 0.2) is 0 Å². The summed E-state index contributed by atoms with van der Waals surface area (Å²) >= 11 is 0. The zero-order valence-electron chi connectivity index (χ0n) is 10.2. The molecule has 19 heavy (non-hydrogen) atoms. The molecule has 110 valence electrons. The van der Waals surface area contributed by atoms with Gasteiger partial charge in [0.2, 0.25) is 0 Å². The van der Waals surface area contributed by atoms with Crippen molar-refractivity contribution < 1.29 is 44.1 Å². The van der Waals surface area contributed by atoms with Gasteiger partial charge in [-0.1, -0.05) is 6.92 Å². The molecule has 0 aliphatic rings. The van der Waals surface area contributed by atoms with Crippen LogP contribution in [-0.4, -0.2) is 49.2 Å². The van der Waals surface area contributed by atoms with Crippen molar-refractivity contribution >= 4 is 25.5 Å². The maximum atomic E-state index is 11.2. The van der Waals surface area contributed by atoms with Crippen LogP contribution in [0.3, 0.4) is 0 Å². The topological polar surface area (TPSA) is 169 Å². The normalized spacial score (nSPS) is 18.1. The zero-order valence-corrected chi connectivity index (χ0v) is 11.1. The molecule has 3 atom stereocenters. The molecule has 0 fully saturated rings. The molecule has 10 heteroatoms. The van der Waals surface area contributed by atoms with Crippen LogP contribution < -0.4 is 0 Å². The van der Waals surface area contributed by atoms with E-state index in [0.717, 1.165) is 13.8 Å². The highest BCUT2D eigenvalue weighted by Crippen LogP contribution is 2.46. The molecule has 0 amide bonds. The van der Waals surface area contributed by atoms with Crippen molar-refractivity contribution in [2.45, 2.75) is 13.8 Å². The van der Waals surface area contributed by atoms with Gasteiger partial charge in [-0.3, -0.25) is 18.9 Å². The predicted octanol–water partition coefficient (Wildman–Crippen LogP) is -0.324. The van der Waals surface area contributed by atoms with Crippen molar-refractivity contribution in [1.82, 2.24) is 0 Å². The largest absolute Gasteiger partial charge is 0.481 e. The maximum Gasteiger partial charge on any atom is 0.326 e. The number of carboxylic acid groups (broad SMARTS) is 3. The van der Waals surface area contributed by atoms with Crippen LogP contribution in [0.25, 0.3) is 0 Å². The first-order valence-electron chi connectivity index (χ1n) is 5.07. The van der Waals surface area contributed by atoms with Gasteiger partial charge < -0.3 is 25.1 Å². The van der Waals surface area contributed by atoms with Crippen molar-refractivity contribution in [3.63, 3.8) is 0 Å². The Kier molecular flexibility index (Phi) is 5.25. The number of hydrogen-bond acceptors (Lipinski definition) is 4. The molecule has 0 aliphatic carbocycles. The third-order valence-electron chi connectivity index (χ3n) is 3.17. The summed E-state index contributed by atoms with van der Waals surface area (Å²) in [5, 5.41) is 26.9. The summed E-state index contributed by atoms with van der Waals surface area (Å²) in [6.45, 7) is 1.83. The quantitative estimate of drug-likeness (QED) is 0.395. The first-order valence-corrected chi connectivity index (χ1v) is 6.87. The Morgan fingerprint density at radius 3 is 1.74 bits per heavy atom. The average molecular weight is 298 g/mol. The standard InChI is InChI=1S/C9H15O9P/c1-4(6(10)11)9(2,8(14)15)5(7(12)13)3-19(16,17)18/h4-5H,3H2,1-2H3,(H,10,11)(H,12,13)(H,14,15)(H2,16,17,18). The Morgan fingerprint density at radius 2 is 1.53 bits per heavy atom. The molecule has 0 heterocycles. The van der Waals surface area contributed by atoms with Crippen LogP contribution in [0.5, 0.6) is 0 Å². The fourth-order valence-corrected chi connectivity index (χ4v) is 2.67. The van der Waals surface area contributed by atoms with E-state index in [1.165, 1.54) is 0 Å². The summed E-state index contributed by atoms with van der Waals surface area (Å²) in [6.07, 6.45) is -1.25. The monoisotopic (exact) mass is 298 g/mol. The van der Waals surface area contributed by atoms with Gasteiger partial charge in [-0.05, 0) is 6.92 Å². The van der Waals surface area contributed by atoms with Gasteiger partial charge >= 0.3 is 25.5 Å². The van der Waals surface area contributed by atoms with E-state index >= 15 is 0 Å². The second kappa shape index (κ2) is 5.68. The molecule has 3 unspecified atom stereocenters. The molecular formula is C9H15O9P. The second-order valence-electron chi connectivity index (χ2n) is 4.39. The van der Waals surface area contributed by atoms with Gasteiger partial charge in [0.25, 0.3) is 0 Å². The summed E-state index contributed by atoms with van der Waals surface area (Å²) in [5.41, 5.74) is -2.35. The van der Waals surface area contributed by atoms with Crippen LogP contribution in [0.1, 0.15) is 13.8 Å². The van der Waals surface area contributed by atoms with E-state index in [-0.39, 0.29) is 0 Å². The molecular weight excluding hydrogens is 283 g/mol. The Bertz CT molecular complexity index is 439. The molecule has 0 aliphatic heterocycles. The number of hydrogen-bond donors (Lipinski definition) is 5. The average Bonchev–Trinajstić information content (AvgIpc) is 2.21. The van der Waals surface area contributed by atoms with Crippen LogP contribution in [0.4, 0.5) is 0 Å². The molecule has 5 N–H and O–H groups in total. The summed E-state index contributed by atoms with van der Waals surface area (Å²) < 4.78 is 10.9. The summed E-state index contributed by atoms with van der Waals surface area (Å²) in [4.78, 5) is 50.8. The number of rotatable bonds is 7. The first-order chi connectivity index (χ1) is 8.34. The Morgan fingerprint density at radius 1 is 1.11 bits per heavy atom. The molecule has 0 aromatic carbocycles. The highest BCUT2D eigenvalue weighted by molar-refractivity contribution is 7.51. The number of carboxylic acids is 3. The van der Waals surface area contributed by atoms with Crippen molar-refractivity contribution in [3.05, 3.63) is 0 Å². The van der Waals surface area contributed by atoms with Crippen molar-refractivity contribution in [2.24, 2.45) is 17.3 Å². The molecule has 0 saturated heterocycles. The highest BCUT2D eigenvalue weighted by Gasteiger charge is 2.54. The van der Waals surface area contributed by atoms with E-state index in [4.69, 9.17) is 25.1 Å². The molecule has 0 spiro atoms. The summed E-state index contributed by atoms with van der Waals surface area (Å²) in [5.74, 6) is -8.76. The van der Waals surface area contributed by atoms with E-state index in [2.05, 4.69) is 0 Å². The van der Waals surface area contributed by atoms with Crippen molar-refractivity contribution in [1.29, 1.82) is 0 Å². The smallest absolute Gasteiger partial charge is 0.326 e. The second-order valence-corrected chi connectivity index (χ2v) is 6.08. The predicted molar refractivity (Wildman–Crippen MR) is 60.6 cm³/mol. The fraction of sp³-hybridized carbons (Fsp3) is 0.667. The summed E-state index contributed by atoms with van der Waals surface area (Å²) in [6, 6.07) is 0. The van der Waals surface area contributed by atoms with Crippen LogP contribution in [0, 0.1) is 17.3 Å². The molecule has 0 saturated carbocycles. The Hall–Kier alpha value is -1.44. The van der Waals surface area contributed by atoms with E-state index in [1.807, 2.05) is 0 Å². The zero-order chi connectivity index (χ0) is 15.6. The minimum absolute atomic E-state index is 0.850. The van der Waals surface area contributed by atoms with Crippen molar-refractivity contribution in [2.75, 3.05) is 6.16 Å². The van der Waals surface area contributed by atoms with Gasteiger partial charge in [0, 0.05) is 0 Å². The third-order valence-corrected chi connectivity index (χ3v) is 4.01. The van der Waals surface area contributed by atoms with Crippen LogP contribution in [0.2, 0.25) is 0 Å². The van der Waals surface area contributed by atoms with Gasteiger partial charge in [-0.25, -0.2) is 0 Å². The van der Waals surface area contributed by atoms with Crippen LogP contribution >= 0.6 is 7.60 Å². The van der Waals surface area contributed by atoms with Gasteiger partial charge in [-0.2, -0.15) is 0 Å². The maximum absolute atomic E-state index is 11.2. The fourth-order valence-electron chi connectivity index (χ4n) is 1.65. The van der Waals surface area contributed by atoms with Gasteiger partial charge in [-0.15, -0.1) is 0 Å². The molecule has 0 bridgehead atoms. The minimum Gasteiger partial charge on any atom is -0.481 e. The molecule has 0 radical (unpaired) electrons. The molecule has 9 nitrogen and oxygen atoms in total. The lowest BCUT2D eigenvalue weighted by Crippen LogP contribution is -2.49. The van der Waals surface area contributed by atoms with Gasteiger partial charge in [0.1, 0.15) is 0 Å². The number of carbonyl (C=O) groups is 3. The van der Waals surface area contributed by atoms with Crippen LogP contribution in [-0.2, 0) is 18.9 Å². The van der Waals surface area contributed by atoms with Gasteiger partial charge in [0.05, 0.1) is 23.4 Å². The minimum atomic E-state index is -4.82. The first kappa shape index (κ1) is 17.6.